The highest BCUT2D eigenvalue weighted by Gasteiger charge is 2.16. The maximum absolute atomic E-state index is 13.1. The number of nitrogens with one attached hydrogen (secondary N) is 3. The average molecular weight is 470 g/mol. The van der Waals surface area contributed by atoms with Gasteiger partial charge in [-0.05, 0) is 31.5 Å². The first-order chi connectivity index (χ1) is 15.2. The molecule has 0 aliphatic rings. The molecule has 1 aromatic heterocycles. The van der Waals surface area contributed by atoms with Crippen LogP contribution < -0.4 is 27.7 Å². The molecule has 9 nitrogen and oxygen atoms in total. The summed E-state index contributed by atoms with van der Waals surface area (Å²) < 4.78 is 1.34. The topological polar surface area (TPSA) is 152 Å². The molecule has 3 rings (SSSR count). The number of hydrogen-bond acceptors (Lipinski definition) is 6. The van der Waals surface area contributed by atoms with Crippen LogP contribution in [0.1, 0.15) is 25.0 Å². The molecule has 0 unspecified atom stereocenters. The molecule has 0 spiro atoms. The van der Waals surface area contributed by atoms with Crippen LogP contribution in [0.3, 0.4) is 0 Å². The summed E-state index contributed by atoms with van der Waals surface area (Å²) in [6.45, 7) is 3.91. The zero-order valence-electron chi connectivity index (χ0n) is 18.5. The zero-order chi connectivity index (χ0) is 23.3. The summed E-state index contributed by atoms with van der Waals surface area (Å²) >= 11 is 0. The van der Waals surface area contributed by atoms with Crippen LogP contribution >= 0.6 is 12.4 Å². The average Bonchev–Trinajstić information content (AvgIpc) is 2.75. The highest BCUT2D eigenvalue weighted by atomic mass is 35.5. The number of amidine groups is 1. The number of aromatic nitrogens is 2. The Morgan fingerprint density at radius 2 is 1.88 bits per heavy atom. The number of carbonyl (C=O) groups excluding carboxylic acids is 1. The number of nitrogens with two attached hydrogens (primary N) is 2. The normalized spacial score (nSPS) is 10.4. The SMILES string of the molecule is CC(C)Nc1cnc(-c2cccc(N)c2)n(CC(=O)NCc2ccc(C(=N)N)cc2)c1=O.Cl. The van der Waals surface area contributed by atoms with E-state index in [2.05, 4.69) is 15.6 Å². The van der Waals surface area contributed by atoms with Crippen LogP contribution in [0.5, 0.6) is 0 Å². The molecule has 33 heavy (non-hydrogen) atoms. The quantitative estimate of drug-likeness (QED) is 0.194. The number of carbonyl (C=O) groups is 1. The fourth-order valence-corrected chi connectivity index (χ4v) is 3.16. The Hall–Kier alpha value is -3.85. The van der Waals surface area contributed by atoms with Crippen molar-refractivity contribution >= 4 is 35.5 Å². The smallest absolute Gasteiger partial charge is 0.277 e. The molecule has 0 radical (unpaired) electrons. The molecule has 1 amide bonds. The number of amides is 1. The van der Waals surface area contributed by atoms with Gasteiger partial charge in [0.15, 0.2) is 0 Å². The molecule has 3 aromatic rings. The van der Waals surface area contributed by atoms with Crippen molar-refractivity contribution in [3.8, 4) is 11.4 Å². The summed E-state index contributed by atoms with van der Waals surface area (Å²) in [6, 6.07) is 14.1. The summed E-state index contributed by atoms with van der Waals surface area (Å²) in [7, 11) is 0. The molecule has 0 atom stereocenters. The van der Waals surface area contributed by atoms with E-state index in [1.54, 1.807) is 48.5 Å². The van der Waals surface area contributed by atoms with Gasteiger partial charge in [-0.3, -0.25) is 19.6 Å². The first kappa shape index (κ1) is 25.4. The molecule has 0 bridgehead atoms. The van der Waals surface area contributed by atoms with Crippen LogP contribution in [-0.2, 0) is 17.9 Å². The third-order valence-corrected chi connectivity index (χ3v) is 4.69. The molecule has 10 heteroatoms. The highest BCUT2D eigenvalue weighted by molar-refractivity contribution is 5.94. The molecule has 0 aliphatic carbocycles. The molecular formula is C23H28ClN7O2. The zero-order valence-corrected chi connectivity index (χ0v) is 19.3. The van der Waals surface area contributed by atoms with Gasteiger partial charge < -0.3 is 22.1 Å². The van der Waals surface area contributed by atoms with E-state index in [9.17, 15) is 9.59 Å². The van der Waals surface area contributed by atoms with Crippen LogP contribution in [0.2, 0.25) is 0 Å². The predicted molar refractivity (Wildman–Crippen MR) is 134 cm³/mol. The number of benzene rings is 2. The predicted octanol–water partition coefficient (Wildman–Crippen LogP) is 2.34. The van der Waals surface area contributed by atoms with Gasteiger partial charge in [-0.15, -0.1) is 12.4 Å². The van der Waals surface area contributed by atoms with E-state index in [0.717, 1.165) is 5.56 Å². The summed E-state index contributed by atoms with van der Waals surface area (Å²) in [5.41, 5.74) is 14.0. The van der Waals surface area contributed by atoms with Crippen molar-refractivity contribution in [3.63, 3.8) is 0 Å². The van der Waals surface area contributed by atoms with Gasteiger partial charge in [0.1, 0.15) is 23.9 Å². The lowest BCUT2D eigenvalue weighted by Gasteiger charge is -2.16. The summed E-state index contributed by atoms with van der Waals surface area (Å²) in [6.07, 6.45) is 1.48. The number of nitrogen functional groups attached to an aromatic ring is 2. The maximum atomic E-state index is 13.1. The van der Waals surface area contributed by atoms with E-state index in [4.69, 9.17) is 16.9 Å². The Balaban J connectivity index is 0.00000385. The minimum absolute atomic E-state index is 0. The van der Waals surface area contributed by atoms with Crippen molar-refractivity contribution in [1.82, 2.24) is 14.9 Å². The maximum Gasteiger partial charge on any atom is 0.277 e. The lowest BCUT2D eigenvalue weighted by molar-refractivity contribution is -0.121. The van der Waals surface area contributed by atoms with Gasteiger partial charge in [-0.1, -0.05) is 36.4 Å². The Labute approximate surface area is 198 Å². The van der Waals surface area contributed by atoms with E-state index in [1.807, 2.05) is 13.8 Å². The van der Waals surface area contributed by atoms with Gasteiger partial charge in [0.05, 0.1) is 6.20 Å². The van der Waals surface area contributed by atoms with Crippen LogP contribution in [-0.4, -0.2) is 27.3 Å². The molecule has 0 aliphatic heterocycles. The Kier molecular flexibility index (Phi) is 8.58. The molecule has 174 valence electrons. The molecule has 0 fully saturated rings. The van der Waals surface area contributed by atoms with E-state index in [-0.39, 0.29) is 48.8 Å². The number of hydrogen-bond donors (Lipinski definition) is 5. The van der Waals surface area contributed by atoms with Crippen LogP contribution in [0.25, 0.3) is 11.4 Å². The summed E-state index contributed by atoms with van der Waals surface area (Å²) in [5, 5.41) is 13.3. The van der Waals surface area contributed by atoms with Gasteiger partial charge in [-0.25, -0.2) is 4.98 Å². The third kappa shape index (κ3) is 6.56. The second-order valence-electron chi connectivity index (χ2n) is 7.70. The van der Waals surface area contributed by atoms with Crippen molar-refractivity contribution in [2.75, 3.05) is 11.1 Å². The molecule has 0 saturated heterocycles. The monoisotopic (exact) mass is 469 g/mol. The number of halogens is 1. The second-order valence-corrected chi connectivity index (χ2v) is 7.70. The molecule has 1 heterocycles. The van der Waals surface area contributed by atoms with E-state index in [1.165, 1.54) is 10.8 Å². The Morgan fingerprint density at radius 3 is 2.48 bits per heavy atom. The lowest BCUT2D eigenvalue weighted by atomic mass is 10.1. The van der Waals surface area contributed by atoms with Crippen molar-refractivity contribution in [1.29, 1.82) is 5.41 Å². The lowest BCUT2D eigenvalue weighted by Crippen LogP contribution is -2.34. The summed E-state index contributed by atoms with van der Waals surface area (Å²) in [4.78, 5) is 30.2. The Bertz CT molecular complexity index is 1190. The second kappa shape index (κ2) is 11.1. The van der Waals surface area contributed by atoms with Gasteiger partial charge in [0.25, 0.3) is 5.56 Å². The standard InChI is InChI=1S/C23H27N7O2.ClH/c1-14(2)29-19-12-28-22(17-4-3-5-18(24)10-17)30(23(19)32)13-20(31)27-11-15-6-8-16(9-7-15)21(25)26;/h3-10,12,14,29H,11,13,24H2,1-2H3,(H3,25,26)(H,27,31);1H. The van der Waals surface area contributed by atoms with Crippen LogP contribution in [0, 0.1) is 5.41 Å². The first-order valence-electron chi connectivity index (χ1n) is 10.2. The van der Waals surface area contributed by atoms with E-state index in [0.29, 0.717) is 28.3 Å². The van der Waals surface area contributed by atoms with Crippen molar-refractivity contribution in [2.24, 2.45) is 5.73 Å². The van der Waals surface area contributed by atoms with Crippen molar-refractivity contribution in [2.45, 2.75) is 33.0 Å². The number of anilines is 2. The van der Waals surface area contributed by atoms with Crippen molar-refractivity contribution < 1.29 is 4.79 Å². The third-order valence-electron chi connectivity index (χ3n) is 4.69. The molecular weight excluding hydrogens is 442 g/mol. The van der Waals surface area contributed by atoms with Crippen molar-refractivity contribution in [3.05, 3.63) is 76.2 Å². The minimum Gasteiger partial charge on any atom is -0.399 e. The fourth-order valence-electron chi connectivity index (χ4n) is 3.16. The molecule has 2 aromatic carbocycles. The summed E-state index contributed by atoms with van der Waals surface area (Å²) in [5.74, 6) is 0.00499. The first-order valence-corrected chi connectivity index (χ1v) is 10.2. The highest BCUT2D eigenvalue weighted by Crippen LogP contribution is 2.19. The minimum atomic E-state index is -0.341. The van der Waals surface area contributed by atoms with Crippen LogP contribution in [0.4, 0.5) is 11.4 Å². The number of rotatable bonds is 8. The van der Waals surface area contributed by atoms with Gasteiger partial charge in [0, 0.05) is 29.4 Å². The van der Waals surface area contributed by atoms with Gasteiger partial charge in [0.2, 0.25) is 5.91 Å². The number of nitrogens with zero attached hydrogens (tertiary/aromatic N) is 2. The van der Waals surface area contributed by atoms with E-state index >= 15 is 0 Å². The van der Waals surface area contributed by atoms with Crippen LogP contribution in [0.15, 0.2) is 59.5 Å². The largest absolute Gasteiger partial charge is 0.399 e. The molecule has 0 saturated carbocycles. The van der Waals surface area contributed by atoms with Gasteiger partial charge >= 0.3 is 0 Å². The fraction of sp³-hybridized carbons (Fsp3) is 0.217. The molecule has 7 N–H and O–H groups in total. The Morgan fingerprint density at radius 1 is 1.18 bits per heavy atom. The van der Waals surface area contributed by atoms with E-state index < -0.39 is 0 Å². The van der Waals surface area contributed by atoms with Gasteiger partial charge in [-0.2, -0.15) is 0 Å².